The standard InChI is InChI=1S/C17H13NO4/c1-17(2)9-5-3-4-6-10(9)18-13(17)8-12-15(16(18)21)11(19)7-14(20)22-12/h3-8,19H,1-2H3. The first-order valence-electron chi connectivity index (χ1n) is 6.94. The van der Waals surface area contributed by atoms with Crippen LogP contribution in [0, 0.1) is 0 Å². The monoisotopic (exact) mass is 295 g/mol. The zero-order valence-corrected chi connectivity index (χ0v) is 12.1. The third kappa shape index (κ3) is 1.43. The van der Waals surface area contributed by atoms with Crippen LogP contribution in [-0.2, 0) is 5.41 Å². The Morgan fingerprint density at radius 2 is 1.86 bits per heavy atom. The van der Waals surface area contributed by atoms with Crippen LogP contribution >= 0.6 is 0 Å². The van der Waals surface area contributed by atoms with Gasteiger partial charge < -0.3 is 9.52 Å². The summed E-state index contributed by atoms with van der Waals surface area (Å²) in [5.74, 6) is -0.353. The van der Waals surface area contributed by atoms with Crippen molar-refractivity contribution < 1.29 is 9.52 Å². The fourth-order valence-corrected chi connectivity index (χ4v) is 3.26. The first-order valence-corrected chi connectivity index (χ1v) is 6.94. The summed E-state index contributed by atoms with van der Waals surface area (Å²) >= 11 is 0. The summed E-state index contributed by atoms with van der Waals surface area (Å²) in [6.45, 7) is 4.02. The molecule has 0 aliphatic carbocycles. The number of fused-ring (bicyclic) bond motifs is 4. The molecule has 0 atom stereocenters. The molecular weight excluding hydrogens is 282 g/mol. The Labute approximate surface area is 125 Å². The van der Waals surface area contributed by atoms with E-state index in [1.54, 1.807) is 10.6 Å². The van der Waals surface area contributed by atoms with E-state index in [2.05, 4.69) is 0 Å². The fraction of sp³-hybridized carbons (Fsp3) is 0.176. The molecule has 0 radical (unpaired) electrons. The van der Waals surface area contributed by atoms with E-state index in [4.69, 9.17) is 4.42 Å². The lowest BCUT2D eigenvalue weighted by molar-refractivity contribution is 0.466. The van der Waals surface area contributed by atoms with Gasteiger partial charge in [-0.1, -0.05) is 32.0 Å². The molecule has 0 saturated heterocycles. The van der Waals surface area contributed by atoms with Gasteiger partial charge in [0.05, 0.1) is 11.8 Å². The predicted molar refractivity (Wildman–Crippen MR) is 81.9 cm³/mol. The highest BCUT2D eigenvalue weighted by molar-refractivity contribution is 5.83. The molecule has 110 valence electrons. The normalized spacial score (nSPS) is 14.8. The van der Waals surface area contributed by atoms with E-state index in [1.807, 2.05) is 38.1 Å². The van der Waals surface area contributed by atoms with Gasteiger partial charge in [0.1, 0.15) is 16.7 Å². The molecule has 0 fully saturated rings. The minimum absolute atomic E-state index is 0.0239. The Bertz CT molecular complexity index is 1060. The van der Waals surface area contributed by atoms with Gasteiger partial charge in [-0.05, 0) is 11.6 Å². The highest BCUT2D eigenvalue weighted by atomic mass is 16.4. The first kappa shape index (κ1) is 12.9. The number of aromatic nitrogens is 1. The summed E-state index contributed by atoms with van der Waals surface area (Å²) in [5.41, 5.74) is 1.20. The molecule has 1 aliphatic heterocycles. The van der Waals surface area contributed by atoms with Gasteiger partial charge in [0.25, 0.3) is 5.56 Å². The Balaban J connectivity index is 2.27. The van der Waals surface area contributed by atoms with Crippen molar-refractivity contribution in [3.05, 3.63) is 68.4 Å². The van der Waals surface area contributed by atoms with Gasteiger partial charge in [0, 0.05) is 17.2 Å². The van der Waals surface area contributed by atoms with Crippen LogP contribution < -0.4 is 11.2 Å². The van der Waals surface area contributed by atoms with Crippen molar-refractivity contribution in [2.45, 2.75) is 19.3 Å². The van der Waals surface area contributed by atoms with Gasteiger partial charge in [-0.3, -0.25) is 9.36 Å². The molecule has 1 aromatic carbocycles. The number of benzene rings is 1. The lowest BCUT2D eigenvalue weighted by Crippen LogP contribution is -2.23. The Hall–Kier alpha value is -2.82. The third-order valence-electron chi connectivity index (χ3n) is 4.35. The maximum absolute atomic E-state index is 12.8. The van der Waals surface area contributed by atoms with Crippen molar-refractivity contribution in [1.82, 2.24) is 4.57 Å². The lowest BCUT2D eigenvalue weighted by Gasteiger charge is -2.19. The maximum atomic E-state index is 12.8. The molecule has 5 nitrogen and oxygen atoms in total. The Kier molecular flexibility index (Phi) is 2.27. The van der Waals surface area contributed by atoms with Gasteiger partial charge in [-0.15, -0.1) is 0 Å². The first-order chi connectivity index (χ1) is 10.4. The van der Waals surface area contributed by atoms with E-state index in [-0.39, 0.29) is 22.3 Å². The molecule has 0 unspecified atom stereocenters. The SMILES string of the molecule is CC1(C)c2ccccc2-n2c1cc1oc(=O)cc(O)c1c2=O. The minimum Gasteiger partial charge on any atom is -0.507 e. The molecule has 22 heavy (non-hydrogen) atoms. The molecule has 0 spiro atoms. The third-order valence-corrected chi connectivity index (χ3v) is 4.35. The molecule has 5 heteroatoms. The zero-order chi connectivity index (χ0) is 15.6. The molecule has 0 amide bonds. The molecule has 4 rings (SSSR count). The summed E-state index contributed by atoms with van der Waals surface area (Å²) in [7, 11) is 0. The highest BCUT2D eigenvalue weighted by Crippen LogP contribution is 2.42. The van der Waals surface area contributed by atoms with E-state index in [0.717, 1.165) is 23.0 Å². The van der Waals surface area contributed by atoms with Crippen LogP contribution in [0.2, 0.25) is 0 Å². The number of rotatable bonds is 0. The molecule has 3 heterocycles. The van der Waals surface area contributed by atoms with Crippen LogP contribution in [0.25, 0.3) is 16.7 Å². The van der Waals surface area contributed by atoms with Crippen molar-refractivity contribution in [3.8, 4) is 11.4 Å². The van der Waals surface area contributed by atoms with Crippen molar-refractivity contribution in [1.29, 1.82) is 0 Å². The van der Waals surface area contributed by atoms with Gasteiger partial charge in [0.15, 0.2) is 0 Å². The van der Waals surface area contributed by atoms with Crippen LogP contribution in [0.1, 0.15) is 25.1 Å². The summed E-state index contributed by atoms with van der Waals surface area (Å²) in [4.78, 5) is 24.3. The van der Waals surface area contributed by atoms with Crippen molar-refractivity contribution in [2.24, 2.45) is 0 Å². The quantitative estimate of drug-likeness (QED) is 0.690. The van der Waals surface area contributed by atoms with Crippen LogP contribution in [0.4, 0.5) is 0 Å². The summed E-state index contributed by atoms with van der Waals surface area (Å²) < 4.78 is 6.69. The smallest absolute Gasteiger partial charge is 0.339 e. The minimum atomic E-state index is -0.678. The number of pyridine rings is 1. The second-order valence-electron chi connectivity index (χ2n) is 6.00. The molecule has 2 aromatic heterocycles. The summed E-state index contributed by atoms with van der Waals surface area (Å²) in [6.07, 6.45) is 0. The number of hydrogen-bond donors (Lipinski definition) is 1. The van der Waals surface area contributed by atoms with E-state index in [9.17, 15) is 14.7 Å². The highest BCUT2D eigenvalue weighted by Gasteiger charge is 2.37. The van der Waals surface area contributed by atoms with Crippen molar-refractivity contribution >= 4 is 11.0 Å². The van der Waals surface area contributed by atoms with Gasteiger partial charge in [0.2, 0.25) is 0 Å². The van der Waals surface area contributed by atoms with E-state index >= 15 is 0 Å². The zero-order valence-electron chi connectivity index (χ0n) is 12.1. The number of para-hydroxylation sites is 1. The molecule has 0 saturated carbocycles. The average Bonchev–Trinajstić information content (AvgIpc) is 2.67. The van der Waals surface area contributed by atoms with Gasteiger partial charge >= 0.3 is 5.63 Å². The topological polar surface area (TPSA) is 72.4 Å². The van der Waals surface area contributed by atoms with Gasteiger partial charge in [-0.2, -0.15) is 0 Å². The van der Waals surface area contributed by atoms with Crippen molar-refractivity contribution in [3.63, 3.8) is 0 Å². The van der Waals surface area contributed by atoms with Crippen LogP contribution in [-0.4, -0.2) is 9.67 Å². The van der Waals surface area contributed by atoms with Gasteiger partial charge in [-0.25, -0.2) is 4.79 Å². The number of nitrogens with zero attached hydrogens (tertiary/aromatic N) is 1. The molecule has 1 aliphatic rings. The molecule has 0 bridgehead atoms. The average molecular weight is 295 g/mol. The predicted octanol–water partition coefficient (Wildman–Crippen LogP) is 2.29. The van der Waals surface area contributed by atoms with Crippen molar-refractivity contribution in [2.75, 3.05) is 0 Å². The van der Waals surface area contributed by atoms with Crippen LogP contribution in [0.3, 0.4) is 0 Å². The summed E-state index contributed by atoms with van der Waals surface area (Å²) in [5, 5.41) is 9.99. The lowest BCUT2D eigenvalue weighted by atomic mass is 9.83. The number of hydrogen-bond acceptors (Lipinski definition) is 4. The Morgan fingerprint density at radius 3 is 2.64 bits per heavy atom. The largest absolute Gasteiger partial charge is 0.507 e. The molecular formula is C17H13NO4. The molecule has 3 aromatic rings. The van der Waals surface area contributed by atoms with Crippen LogP contribution in [0.5, 0.6) is 5.75 Å². The Morgan fingerprint density at radius 1 is 1.14 bits per heavy atom. The fourth-order valence-electron chi connectivity index (χ4n) is 3.26. The van der Waals surface area contributed by atoms with E-state index < -0.39 is 11.0 Å². The van der Waals surface area contributed by atoms with Crippen LogP contribution in [0.15, 0.2) is 50.4 Å². The second-order valence-corrected chi connectivity index (χ2v) is 6.00. The van der Waals surface area contributed by atoms with E-state index in [0.29, 0.717) is 0 Å². The summed E-state index contributed by atoms with van der Waals surface area (Å²) in [6, 6.07) is 10.2. The maximum Gasteiger partial charge on any atom is 0.339 e. The molecule has 1 N–H and O–H groups in total. The van der Waals surface area contributed by atoms with E-state index in [1.165, 1.54) is 0 Å². The number of aromatic hydroxyl groups is 1. The second kappa shape index (κ2) is 3.88.